The van der Waals surface area contributed by atoms with Crippen LogP contribution in [0.2, 0.25) is 5.02 Å². The summed E-state index contributed by atoms with van der Waals surface area (Å²) in [5, 5.41) is 6.77. The van der Waals surface area contributed by atoms with Crippen LogP contribution in [0.3, 0.4) is 0 Å². The van der Waals surface area contributed by atoms with Gasteiger partial charge >= 0.3 is 6.18 Å². The van der Waals surface area contributed by atoms with E-state index < -0.39 is 28.3 Å². The summed E-state index contributed by atoms with van der Waals surface area (Å²) in [4.78, 5) is 9.40. The molecule has 0 bridgehead atoms. The zero-order valence-electron chi connectivity index (χ0n) is 18.6. The van der Waals surface area contributed by atoms with Crippen LogP contribution in [0.1, 0.15) is 13.3 Å². The monoisotopic (exact) mass is 516 g/mol. The average molecular weight is 517 g/mol. The minimum atomic E-state index is -4.44. The number of halogens is 4. The third kappa shape index (κ3) is 6.39. The normalized spacial score (nSPS) is 18.7. The Bertz CT molecular complexity index is 1200. The van der Waals surface area contributed by atoms with Crippen molar-refractivity contribution in [1.29, 1.82) is 0 Å². The number of hydrogen-bond donors (Lipinski definition) is 3. The van der Waals surface area contributed by atoms with Gasteiger partial charge in [0.05, 0.1) is 10.4 Å². The Morgan fingerprint density at radius 2 is 1.79 bits per heavy atom. The summed E-state index contributed by atoms with van der Waals surface area (Å²) in [6, 6.07) is 8.50. The van der Waals surface area contributed by atoms with E-state index in [1.807, 2.05) is 0 Å². The van der Waals surface area contributed by atoms with Crippen LogP contribution in [0.25, 0.3) is 0 Å². The topological polar surface area (TPSA) is 99.2 Å². The lowest BCUT2D eigenvalue weighted by Crippen LogP contribution is -2.48. The Kier molecular flexibility index (Phi) is 7.44. The molecule has 1 aromatic heterocycles. The first-order valence-electron chi connectivity index (χ1n) is 10.1. The molecule has 184 valence electrons. The molecule has 2 aromatic rings. The highest BCUT2D eigenvalue weighted by molar-refractivity contribution is 7.93. The predicted octanol–water partition coefficient (Wildman–Crippen LogP) is 4.26. The van der Waals surface area contributed by atoms with Crippen molar-refractivity contribution in [2.45, 2.75) is 25.1 Å². The van der Waals surface area contributed by atoms with Crippen LogP contribution in [0, 0.1) is 0 Å². The van der Waals surface area contributed by atoms with Gasteiger partial charge in [-0.05, 0) is 50.4 Å². The van der Waals surface area contributed by atoms with E-state index in [0.29, 0.717) is 22.3 Å². The van der Waals surface area contributed by atoms with Gasteiger partial charge in [0, 0.05) is 35.9 Å². The molecule has 0 amide bonds. The maximum atomic E-state index is 13.1. The molecule has 1 atom stereocenters. The molecule has 1 aromatic carbocycles. The van der Waals surface area contributed by atoms with Gasteiger partial charge in [-0.25, -0.2) is 23.1 Å². The second kappa shape index (κ2) is 9.80. The third-order valence-corrected chi connectivity index (χ3v) is 6.91. The molecular formula is C21H24ClF3N6O2S. The molecule has 0 fully saturated rings. The Hall–Kier alpha value is -2.83. The number of anilines is 3. The lowest BCUT2D eigenvalue weighted by Gasteiger charge is -2.41. The van der Waals surface area contributed by atoms with Gasteiger partial charge in [-0.1, -0.05) is 11.6 Å². The minimum absolute atomic E-state index is 0.0303. The second-order valence-electron chi connectivity index (χ2n) is 7.92. The molecule has 0 spiro atoms. The largest absolute Gasteiger partial charge is 0.405 e. The fraction of sp³-hybridized carbons (Fsp3) is 0.333. The van der Waals surface area contributed by atoms with Gasteiger partial charge in [0.15, 0.2) is 0 Å². The van der Waals surface area contributed by atoms with Crippen molar-refractivity contribution in [3.05, 3.63) is 64.4 Å². The molecule has 3 rings (SSSR count). The number of allylic oxidation sites excluding steroid dienone is 2. The highest BCUT2D eigenvalue weighted by Crippen LogP contribution is 2.37. The molecule has 34 heavy (non-hydrogen) atoms. The van der Waals surface area contributed by atoms with Crippen LogP contribution in [-0.4, -0.2) is 55.6 Å². The van der Waals surface area contributed by atoms with E-state index in [2.05, 4.69) is 25.3 Å². The van der Waals surface area contributed by atoms with Crippen molar-refractivity contribution in [2.24, 2.45) is 0 Å². The van der Waals surface area contributed by atoms with Crippen molar-refractivity contribution >= 4 is 38.9 Å². The van der Waals surface area contributed by atoms with Crippen LogP contribution < -0.4 is 15.4 Å². The van der Waals surface area contributed by atoms with E-state index >= 15 is 0 Å². The fourth-order valence-electron chi connectivity index (χ4n) is 3.64. The van der Waals surface area contributed by atoms with Crippen molar-refractivity contribution in [1.82, 2.24) is 19.6 Å². The lowest BCUT2D eigenvalue weighted by atomic mass is 9.88. The molecular weight excluding hydrogens is 493 g/mol. The van der Waals surface area contributed by atoms with Crippen LogP contribution in [-0.2, 0) is 10.0 Å². The maximum absolute atomic E-state index is 13.1. The van der Waals surface area contributed by atoms with Gasteiger partial charge < -0.3 is 15.5 Å². The van der Waals surface area contributed by atoms with E-state index in [4.69, 9.17) is 11.6 Å². The lowest BCUT2D eigenvalue weighted by molar-refractivity contribution is -0.140. The van der Waals surface area contributed by atoms with Crippen molar-refractivity contribution in [2.75, 3.05) is 31.3 Å². The Labute approximate surface area is 201 Å². The van der Waals surface area contributed by atoms with Crippen molar-refractivity contribution in [3.63, 3.8) is 0 Å². The number of nitrogens with zero attached hydrogens (tertiary/aromatic N) is 3. The molecule has 1 heterocycles. The number of likely N-dealkylation sites (N-methyl/N-ethyl adjacent to an activating group) is 1. The van der Waals surface area contributed by atoms with E-state index in [0.717, 1.165) is 4.90 Å². The van der Waals surface area contributed by atoms with Crippen LogP contribution in [0.4, 0.5) is 30.5 Å². The highest BCUT2D eigenvalue weighted by atomic mass is 35.5. The van der Waals surface area contributed by atoms with Gasteiger partial charge in [0.2, 0.25) is 10.0 Å². The standard InChI is InChI=1S/C21H24ClF3N6O2S/c1-20(30-19-10-18(27-13-28-19)29-15-6-4-14(22)5-7-15)11-16(34(32,33)26-2)8-9-17(20)31(3)12-21(23,24)25/h4-10,13,26H,11-12H2,1-3H3,(H2,27,28,29,30). The molecule has 13 heteroatoms. The highest BCUT2D eigenvalue weighted by Gasteiger charge is 2.40. The number of nitrogens with one attached hydrogen (secondary N) is 3. The zero-order chi connectivity index (χ0) is 25.1. The molecule has 8 nitrogen and oxygen atoms in total. The summed E-state index contributed by atoms with van der Waals surface area (Å²) >= 11 is 5.90. The quantitative estimate of drug-likeness (QED) is 0.482. The van der Waals surface area contributed by atoms with E-state index in [1.54, 1.807) is 37.3 Å². The van der Waals surface area contributed by atoms with Gasteiger partial charge in [0.1, 0.15) is 24.5 Å². The molecule has 0 aliphatic heterocycles. The minimum Gasteiger partial charge on any atom is -0.367 e. The molecule has 1 unspecified atom stereocenters. The Morgan fingerprint density at radius 3 is 2.41 bits per heavy atom. The zero-order valence-corrected chi connectivity index (χ0v) is 20.2. The fourth-order valence-corrected chi connectivity index (χ4v) is 4.75. The smallest absolute Gasteiger partial charge is 0.367 e. The van der Waals surface area contributed by atoms with Crippen molar-refractivity contribution in [3.8, 4) is 0 Å². The van der Waals surface area contributed by atoms with Gasteiger partial charge in [-0.2, -0.15) is 13.2 Å². The van der Waals surface area contributed by atoms with Crippen LogP contribution in [0.15, 0.2) is 59.4 Å². The van der Waals surface area contributed by atoms with Crippen LogP contribution in [0.5, 0.6) is 0 Å². The molecule has 3 N–H and O–H groups in total. The van der Waals surface area contributed by atoms with Crippen molar-refractivity contribution < 1.29 is 21.6 Å². The van der Waals surface area contributed by atoms with E-state index in [-0.39, 0.29) is 17.0 Å². The number of benzene rings is 1. The number of sulfonamides is 1. The van der Waals surface area contributed by atoms with Crippen LogP contribution >= 0.6 is 11.6 Å². The Balaban J connectivity index is 1.92. The maximum Gasteiger partial charge on any atom is 0.405 e. The first kappa shape index (κ1) is 25.8. The SMILES string of the molecule is CNS(=O)(=O)C1=CC=C(N(C)CC(F)(F)F)C(C)(Nc2cc(Nc3ccc(Cl)cc3)ncn2)C1. The second-order valence-corrected chi connectivity index (χ2v) is 10.3. The summed E-state index contributed by atoms with van der Waals surface area (Å²) < 4.78 is 66.3. The molecule has 0 saturated heterocycles. The summed E-state index contributed by atoms with van der Waals surface area (Å²) in [6.45, 7) is 0.420. The molecule has 1 aliphatic rings. The number of aromatic nitrogens is 2. The van der Waals surface area contributed by atoms with Gasteiger partial charge in [-0.15, -0.1) is 0 Å². The van der Waals surface area contributed by atoms with E-state index in [1.165, 1.54) is 32.6 Å². The molecule has 1 aliphatic carbocycles. The predicted molar refractivity (Wildman–Crippen MR) is 126 cm³/mol. The summed E-state index contributed by atoms with van der Waals surface area (Å²) in [5.74, 6) is 0.718. The average Bonchev–Trinajstić information content (AvgIpc) is 2.74. The number of rotatable bonds is 8. The number of hydrogen-bond acceptors (Lipinski definition) is 7. The summed E-state index contributed by atoms with van der Waals surface area (Å²) in [7, 11) is -1.21. The van der Waals surface area contributed by atoms with Gasteiger partial charge in [0.25, 0.3) is 0 Å². The van der Waals surface area contributed by atoms with E-state index in [9.17, 15) is 21.6 Å². The van der Waals surface area contributed by atoms with Gasteiger partial charge in [-0.3, -0.25) is 0 Å². The third-order valence-electron chi connectivity index (χ3n) is 5.15. The first-order valence-corrected chi connectivity index (χ1v) is 11.9. The number of alkyl halides is 3. The first-order chi connectivity index (χ1) is 15.8. The molecule has 0 radical (unpaired) electrons. The molecule has 0 saturated carbocycles. The summed E-state index contributed by atoms with van der Waals surface area (Å²) in [5.41, 5.74) is -0.251. The Morgan fingerprint density at radius 1 is 1.15 bits per heavy atom. The summed E-state index contributed by atoms with van der Waals surface area (Å²) in [6.07, 6.45) is -0.571.